The molecule has 1 aromatic carbocycles. The average molecular weight is 269 g/mol. The molecule has 102 valence electrons. The Morgan fingerprint density at radius 2 is 1.67 bits per heavy atom. The molecule has 4 heteroatoms. The molecule has 18 heavy (non-hydrogen) atoms. The van der Waals surface area contributed by atoms with E-state index in [1.807, 2.05) is 37.3 Å². The average Bonchev–Trinajstić information content (AvgIpc) is 2.26. The summed E-state index contributed by atoms with van der Waals surface area (Å²) in [5, 5.41) is 0. The van der Waals surface area contributed by atoms with E-state index in [2.05, 4.69) is 18.6 Å². The Bertz CT molecular complexity index is 440. The highest BCUT2D eigenvalue weighted by atomic mass is 32.2. The minimum Gasteiger partial charge on any atom is -0.212 e. The molecule has 0 amide bonds. The van der Waals surface area contributed by atoms with Crippen molar-refractivity contribution >= 4 is 10.0 Å². The number of hydrogen-bond donors (Lipinski definition) is 1. The third-order valence-corrected chi connectivity index (χ3v) is 4.23. The summed E-state index contributed by atoms with van der Waals surface area (Å²) in [5.74, 6) is 0.658. The first-order valence-electron chi connectivity index (χ1n) is 6.43. The SMILES string of the molecule is CC(C)CC[C@@H](C)NS(=O)(=O)Cc1ccccc1. The first kappa shape index (κ1) is 15.2. The minimum atomic E-state index is -3.23. The molecule has 0 aliphatic heterocycles. The van der Waals surface area contributed by atoms with Crippen LogP contribution in [0, 0.1) is 5.92 Å². The summed E-state index contributed by atoms with van der Waals surface area (Å²) < 4.78 is 26.6. The number of benzene rings is 1. The standard InChI is InChI=1S/C14H23NO2S/c1-12(2)9-10-13(3)15-18(16,17)11-14-7-5-4-6-8-14/h4-8,12-13,15H,9-11H2,1-3H3/t13-/m1/s1. The molecule has 1 atom stereocenters. The summed E-state index contributed by atoms with van der Waals surface area (Å²) in [6.07, 6.45) is 1.92. The van der Waals surface area contributed by atoms with Crippen molar-refractivity contribution in [3.8, 4) is 0 Å². The number of nitrogens with one attached hydrogen (secondary N) is 1. The van der Waals surface area contributed by atoms with Crippen LogP contribution in [-0.2, 0) is 15.8 Å². The molecule has 1 aromatic rings. The van der Waals surface area contributed by atoms with E-state index >= 15 is 0 Å². The van der Waals surface area contributed by atoms with Gasteiger partial charge in [-0.25, -0.2) is 13.1 Å². The predicted molar refractivity (Wildman–Crippen MR) is 75.7 cm³/mol. The second-order valence-corrected chi connectivity index (χ2v) is 6.99. The third kappa shape index (κ3) is 6.17. The van der Waals surface area contributed by atoms with Crippen LogP contribution in [0.1, 0.15) is 39.2 Å². The minimum absolute atomic E-state index is 0.00103. The second kappa shape index (κ2) is 6.90. The molecule has 0 saturated heterocycles. The van der Waals surface area contributed by atoms with E-state index in [0.29, 0.717) is 5.92 Å². The van der Waals surface area contributed by atoms with Crippen LogP contribution in [0.15, 0.2) is 30.3 Å². The summed E-state index contributed by atoms with van der Waals surface area (Å²) in [4.78, 5) is 0. The fourth-order valence-electron chi connectivity index (χ4n) is 1.78. The number of hydrogen-bond acceptors (Lipinski definition) is 2. The molecule has 0 bridgehead atoms. The molecule has 1 rings (SSSR count). The second-order valence-electron chi connectivity index (χ2n) is 5.23. The first-order valence-corrected chi connectivity index (χ1v) is 8.08. The van der Waals surface area contributed by atoms with Crippen molar-refractivity contribution in [2.45, 2.75) is 45.4 Å². The Morgan fingerprint density at radius 3 is 2.22 bits per heavy atom. The Hall–Kier alpha value is -0.870. The highest BCUT2D eigenvalue weighted by Crippen LogP contribution is 2.09. The van der Waals surface area contributed by atoms with Gasteiger partial charge in [0, 0.05) is 6.04 Å². The Labute approximate surface area is 111 Å². The fourth-order valence-corrected chi connectivity index (χ4v) is 3.23. The van der Waals surface area contributed by atoms with Crippen LogP contribution in [0.4, 0.5) is 0 Å². The summed E-state index contributed by atoms with van der Waals surface area (Å²) >= 11 is 0. The zero-order valence-corrected chi connectivity index (χ0v) is 12.2. The smallest absolute Gasteiger partial charge is 0.212 e. The Kier molecular flexibility index (Phi) is 5.82. The van der Waals surface area contributed by atoms with Crippen LogP contribution in [0.2, 0.25) is 0 Å². The molecule has 3 nitrogen and oxygen atoms in total. The zero-order valence-electron chi connectivity index (χ0n) is 11.4. The van der Waals surface area contributed by atoms with Crippen LogP contribution < -0.4 is 4.72 Å². The van der Waals surface area contributed by atoms with Gasteiger partial charge in [-0.2, -0.15) is 0 Å². The van der Waals surface area contributed by atoms with Gasteiger partial charge in [0.25, 0.3) is 0 Å². The summed E-state index contributed by atoms with van der Waals surface area (Å²) in [6, 6.07) is 9.26. The van der Waals surface area contributed by atoms with Crippen molar-refractivity contribution in [2.24, 2.45) is 5.92 Å². The van der Waals surface area contributed by atoms with Gasteiger partial charge in [-0.3, -0.25) is 0 Å². The molecule has 0 fully saturated rings. The lowest BCUT2D eigenvalue weighted by Crippen LogP contribution is -2.33. The monoisotopic (exact) mass is 269 g/mol. The summed E-state index contributed by atoms with van der Waals surface area (Å²) in [6.45, 7) is 6.21. The molecule has 0 spiro atoms. The van der Waals surface area contributed by atoms with Crippen LogP contribution in [0.25, 0.3) is 0 Å². The van der Waals surface area contributed by atoms with Gasteiger partial charge >= 0.3 is 0 Å². The topological polar surface area (TPSA) is 46.2 Å². The zero-order chi connectivity index (χ0) is 13.6. The fraction of sp³-hybridized carbons (Fsp3) is 0.571. The maximum Gasteiger partial charge on any atom is 0.216 e. The van der Waals surface area contributed by atoms with Crippen LogP contribution in [0.5, 0.6) is 0 Å². The highest BCUT2D eigenvalue weighted by Gasteiger charge is 2.15. The molecule has 0 aliphatic rings. The van der Waals surface area contributed by atoms with E-state index in [-0.39, 0.29) is 11.8 Å². The maximum atomic E-state index is 11.9. The number of sulfonamides is 1. The lowest BCUT2D eigenvalue weighted by atomic mass is 10.1. The molecule has 0 saturated carbocycles. The van der Waals surface area contributed by atoms with Crippen molar-refractivity contribution < 1.29 is 8.42 Å². The first-order chi connectivity index (χ1) is 8.39. The van der Waals surface area contributed by atoms with Gasteiger partial charge in [-0.05, 0) is 31.2 Å². The normalized spacial score (nSPS) is 13.8. The van der Waals surface area contributed by atoms with Crippen molar-refractivity contribution in [3.63, 3.8) is 0 Å². The van der Waals surface area contributed by atoms with E-state index < -0.39 is 10.0 Å². The lowest BCUT2D eigenvalue weighted by molar-refractivity contribution is 0.485. The number of rotatable bonds is 7. The van der Waals surface area contributed by atoms with E-state index in [0.717, 1.165) is 18.4 Å². The maximum absolute atomic E-state index is 11.9. The molecular formula is C14H23NO2S. The van der Waals surface area contributed by atoms with Crippen LogP contribution >= 0.6 is 0 Å². The van der Waals surface area contributed by atoms with E-state index in [1.165, 1.54) is 0 Å². The molecule has 0 unspecified atom stereocenters. The summed E-state index contributed by atoms with van der Waals surface area (Å²) in [5.41, 5.74) is 0.820. The third-order valence-electron chi connectivity index (χ3n) is 2.76. The van der Waals surface area contributed by atoms with E-state index in [9.17, 15) is 8.42 Å². The molecule has 0 aromatic heterocycles. The van der Waals surface area contributed by atoms with Crippen molar-refractivity contribution in [2.75, 3.05) is 0 Å². The lowest BCUT2D eigenvalue weighted by Gasteiger charge is -2.15. The molecule has 1 N–H and O–H groups in total. The quantitative estimate of drug-likeness (QED) is 0.827. The summed E-state index contributed by atoms with van der Waals surface area (Å²) in [7, 11) is -3.23. The molecular weight excluding hydrogens is 246 g/mol. The largest absolute Gasteiger partial charge is 0.216 e. The van der Waals surface area contributed by atoms with Gasteiger partial charge in [0.1, 0.15) is 0 Å². The molecule has 0 aliphatic carbocycles. The van der Waals surface area contributed by atoms with Crippen LogP contribution in [0.3, 0.4) is 0 Å². The van der Waals surface area contributed by atoms with Gasteiger partial charge in [-0.1, -0.05) is 44.2 Å². The van der Waals surface area contributed by atoms with Crippen molar-refractivity contribution in [3.05, 3.63) is 35.9 Å². The molecule has 0 radical (unpaired) electrons. The Morgan fingerprint density at radius 1 is 1.06 bits per heavy atom. The van der Waals surface area contributed by atoms with Crippen molar-refractivity contribution in [1.29, 1.82) is 0 Å². The predicted octanol–water partition coefficient (Wildman–Crippen LogP) is 2.93. The van der Waals surface area contributed by atoms with Crippen LogP contribution in [-0.4, -0.2) is 14.5 Å². The van der Waals surface area contributed by atoms with Gasteiger partial charge in [0.05, 0.1) is 5.75 Å². The van der Waals surface area contributed by atoms with E-state index in [1.54, 1.807) is 0 Å². The van der Waals surface area contributed by atoms with Gasteiger partial charge in [-0.15, -0.1) is 0 Å². The van der Waals surface area contributed by atoms with Gasteiger partial charge in [0.15, 0.2) is 0 Å². The van der Waals surface area contributed by atoms with E-state index in [4.69, 9.17) is 0 Å². The molecule has 0 heterocycles. The van der Waals surface area contributed by atoms with Gasteiger partial charge in [0.2, 0.25) is 10.0 Å². The van der Waals surface area contributed by atoms with Gasteiger partial charge < -0.3 is 0 Å². The highest BCUT2D eigenvalue weighted by molar-refractivity contribution is 7.88. The van der Waals surface area contributed by atoms with Crippen molar-refractivity contribution in [1.82, 2.24) is 4.72 Å². The Balaban J connectivity index is 2.49.